The van der Waals surface area contributed by atoms with Gasteiger partial charge in [-0.15, -0.1) is 11.3 Å². The lowest BCUT2D eigenvalue weighted by atomic mass is 9.84. The summed E-state index contributed by atoms with van der Waals surface area (Å²) in [6.07, 6.45) is 0. The molecule has 0 spiro atoms. The van der Waals surface area contributed by atoms with Gasteiger partial charge in [-0.05, 0) is 238 Å². The molecule has 4 nitrogen and oxygen atoms in total. The first-order valence-corrected chi connectivity index (χ1v) is 47.0. The largest absolute Gasteiger partial charge is 0.456 e. The first-order valence-electron chi connectivity index (χ1n) is 46.1. The van der Waals surface area contributed by atoms with E-state index in [1.165, 1.54) is 168 Å². The fourth-order valence-corrected chi connectivity index (χ4v) is 23.0. The summed E-state index contributed by atoms with van der Waals surface area (Å²) < 4.78 is 29.1. The predicted molar refractivity (Wildman–Crippen MR) is 573 cm³/mol. The number of para-hydroxylation sites is 4. The monoisotopic (exact) mass is 1730 g/mol. The summed E-state index contributed by atoms with van der Waals surface area (Å²) in [6, 6.07) is 170. The molecule has 0 saturated carbocycles. The third kappa shape index (κ3) is 12.6. The second-order valence-corrected chi connectivity index (χ2v) is 36.3. The molecule has 24 aromatic carbocycles. The van der Waals surface area contributed by atoms with Crippen molar-refractivity contribution in [1.29, 1.82) is 0 Å². The number of rotatable bonds is 9. The Morgan fingerprint density at radius 1 is 0.133 bits per heavy atom. The molecule has 29 rings (SSSR count). The summed E-state index contributed by atoms with van der Waals surface area (Å²) in [5, 5.41) is 29.0. The average Bonchev–Trinajstić information content (AvgIpc) is 1.45. The van der Waals surface area contributed by atoms with Gasteiger partial charge < -0.3 is 17.7 Å². The molecule has 5 heterocycles. The van der Waals surface area contributed by atoms with Crippen molar-refractivity contribution in [3.63, 3.8) is 0 Å². The Bertz CT molecular complexity index is 9330. The van der Waals surface area contributed by atoms with Gasteiger partial charge >= 0.3 is 0 Å². The fourth-order valence-electron chi connectivity index (χ4n) is 21.9. The molecule has 0 saturated heterocycles. The Balaban J connectivity index is 0.000000103. The Morgan fingerprint density at radius 2 is 0.393 bits per heavy atom. The van der Waals surface area contributed by atoms with Crippen LogP contribution < -0.4 is 0 Å². The Morgan fingerprint density at radius 3 is 0.778 bits per heavy atom. The second-order valence-electron chi connectivity index (χ2n) is 35.2. The molecule has 0 unspecified atom stereocenters. The molecule has 0 aliphatic rings. The lowest BCUT2D eigenvalue weighted by molar-refractivity contribution is 0.668. The molecule has 0 bridgehead atoms. The van der Waals surface area contributed by atoms with E-state index in [9.17, 15) is 0 Å². The van der Waals surface area contributed by atoms with Crippen LogP contribution in [0.1, 0.15) is 0 Å². The molecular weight excluding hydrogens is 1660 g/mol. The highest BCUT2D eigenvalue weighted by atomic mass is 32.1. The molecule has 0 aliphatic heterocycles. The third-order valence-electron chi connectivity index (χ3n) is 27.8. The molecule has 0 atom stereocenters. The van der Waals surface area contributed by atoms with Gasteiger partial charge in [-0.1, -0.05) is 394 Å². The summed E-state index contributed by atoms with van der Waals surface area (Å²) in [5.74, 6) is 0. The summed E-state index contributed by atoms with van der Waals surface area (Å²) in [4.78, 5) is 0. The number of hydrogen-bond acceptors (Lipinski definition) is 5. The van der Waals surface area contributed by atoms with Crippen molar-refractivity contribution in [2.75, 3.05) is 0 Å². The maximum absolute atomic E-state index is 6.80. The normalized spacial score (nSPS) is 11.9. The zero-order chi connectivity index (χ0) is 88.7. The van der Waals surface area contributed by atoms with E-state index in [0.29, 0.717) is 0 Å². The van der Waals surface area contributed by atoms with Gasteiger partial charge in [0.2, 0.25) is 0 Å². The fraction of sp³-hybridized carbons (Fsp3) is 0. The Labute approximate surface area is 779 Å². The van der Waals surface area contributed by atoms with Crippen molar-refractivity contribution in [2.45, 2.75) is 0 Å². The van der Waals surface area contributed by atoms with Gasteiger partial charge in [-0.3, -0.25) is 0 Å². The SMILES string of the molecule is c1ccc(-c2c3ccccc3c(-c3ccc(-c4ccc5ccccc5c4)c4oc5ccccc5c34)c3ccccc23)cc1.c1ccc(-c2c3ccccc3c(-c3ccc(-c4ccc5oc6ccccc6c5c4)c4oc5ccccc5c34)c3ccccc23)cc1.c1ccc(-c2c3ccccc3c(-c3ccc(-c4ccc5sc6ccccc6c5c4)c4oc5ccccc5c34)c3ccccc23)cc1. The van der Waals surface area contributed by atoms with Crippen LogP contribution in [0.15, 0.2) is 491 Å². The predicted octanol–water partition coefficient (Wildman–Crippen LogP) is 38.1. The van der Waals surface area contributed by atoms with Gasteiger partial charge in [0.1, 0.15) is 44.7 Å². The molecule has 5 aromatic heterocycles. The van der Waals surface area contributed by atoms with Crippen LogP contribution in [0.5, 0.6) is 0 Å². The number of thiophene rings is 1. The van der Waals surface area contributed by atoms with Crippen LogP contribution in [0.2, 0.25) is 0 Å². The summed E-state index contributed by atoms with van der Waals surface area (Å²) in [5.41, 5.74) is 28.7. The third-order valence-corrected chi connectivity index (χ3v) is 29.0. The van der Waals surface area contributed by atoms with Gasteiger partial charge in [0, 0.05) is 80.0 Å². The topological polar surface area (TPSA) is 52.6 Å². The van der Waals surface area contributed by atoms with E-state index in [1.807, 2.05) is 29.5 Å². The van der Waals surface area contributed by atoms with Crippen LogP contribution in [0.3, 0.4) is 0 Å². The highest BCUT2D eigenvalue weighted by Crippen LogP contribution is 2.55. The molecule has 0 aliphatic carbocycles. The second kappa shape index (κ2) is 31.7. The Hall–Kier alpha value is -17.5. The van der Waals surface area contributed by atoms with Gasteiger partial charge in [0.25, 0.3) is 0 Å². The summed E-state index contributed by atoms with van der Waals surface area (Å²) in [7, 11) is 0. The molecule has 0 amide bonds. The lowest BCUT2D eigenvalue weighted by Crippen LogP contribution is -1.91. The number of benzene rings is 24. The van der Waals surface area contributed by atoms with Gasteiger partial charge in [0.05, 0.1) is 0 Å². The van der Waals surface area contributed by atoms with Gasteiger partial charge in [-0.2, -0.15) is 0 Å². The quantitative estimate of drug-likeness (QED) is 0.135. The minimum atomic E-state index is 0.885. The molecule has 0 N–H and O–H groups in total. The Kier molecular flexibility index (Phi) is 18.2. The maximum atomic E-state index is 6.80. The maximum Gasteiger partial charge on any atom is 0.143 e. The van der Waals surface area contributed by atoms with E-state index < -0.39 is 0 Å². The molecular formula is C130H78O4S. The smallest absolute Gasteiger partial charge is 0.143 e. The molecule has 135 heavy (non-hydrogen) atoms. The van der Waals surface area contributed by atoms with Crippen LogP contribution >= 0.6 is 11.3 Å². The average molecular weight is 1740 g/mol. The zero-order valence-corrected chi connectivity index (χ0v) is 73.9. The first-order chi connectivity index (χ1) is 67.0. The summed E-state index contributed by atoms with van der Waals surface area (Å²) in [6.45, 7) is 0. The lowest BCUT2D eigenvalue weighted by Gasteiger charge is -2.18. The highest BCUT2D eigenvalue weighted by Gasteiger charge is 2.28. The molecule has 29 aromatic rings. The molecule has 0 fully saturated rings. The van der Waals surface area contributed by atoms with Crippen molar-refractivity contribution in [3.8, 4) is 100 Å². The van der Waals surface area contributed by atoms with Crippen LogP contribution in [0.4, 0.5) is 0 Å². The van der Waals surface area contributed by atoms with E-state index in [2.05, 4.69) is 455 Å². The minimum Gasteiger partial charge on any atom is -0.456 e. The van der Waals surface area contributed by atoms with Crippen molar-refractivity contribution < 1.29 is 17.7 Å². The van der Waals surface area contributed by atoms with Gasteiger partial charge in [-0.25, -0.2) is 0 Å². The number of furan rings is 4. The number of hydrogen-bond donors (Lipinski definition) is 0. The van der Waals surface area contributed by atoms with Crippen molar-refractivity contribution in [1.82, 2.24) is 0 Å². The number of fused-ring (bicyclic) bond motifs is 22. The first kappa shape index (κ1) is 77.5. The van der Waals surface area contributed by atoms with E-state index in [1.54, 1.807) is 0 Å². The standard InChI is InChI=1S/C44H26O2.C44H26OS.C42H26O/c1-2-12-27(13-3-1)41-31-15-4-6-17-33(31)42(34-18-7-5-16-32(34)41)36-24-23-29(44-43(36)35-19-9-11-21-39(35)46-44)28-22-25-40-37(26-28)30-14-8-10-20-38(30)45-40;1-2-12-27(13-3-1)41-31-15-4-6-17-33(31)42(34-18-7-5-16-32(34)41)36-24-23-29(44-43(36)35-19-8-10-20-38(35)45-44)28-22-25-40-37(26-28)30-14-9-11-21-39(30)46-40;1-2-13-28(14-3-1)39-32-16-6-8-18-34(32)40(35-19-9-7-17-33(35)39)37-25-24-31(30-23-22-27-12-4-5-15-29(27)26-30)42-41(37)36-20-10-11-21-38(36)43-42/h2*1-26H;1-26H. The van der Waals surface area contributed by atoms with Crippen molar-refractivity contribution >= 4 is 195 Å². The van der Waals surface area contributed by atoms with Crippen molar-refractivity contribution in [2.24, 2.45) is 0 Å². The van der Waals surface area contributed by atoms with Crippen LogP contribution in [-0.2, 0) is 0 Å². The highest BCUT2D eigenvalue weighted by molar-refractivity contribution is 7.25. The molecule has 628 valence electrons. The van der Waals surface area contributed by atoms with Crippen LogP contribution in [-0.4, -0.2) is 0 Å². The van der Waals surface area contributed by atoms with E-state index in [4.69, 9.17) is 17.7 Å². The van der Waals surface area contributed by atoms with E-state index in [-0.39, 0.29) is 0 Å². The minimum absolute atomic E-state index is 0.885. The van der Waals surface area contributed by atoms with Crippen molar-refractivity contribution in [3.05, 3.63) is 473 Å². The van der Waals surface area contributed by atoms with Gasteiger partial charge in [0.15, 0.2) is 0 Å². The van der Waals surface area contributed by atoms with Crippen LogP contribution in [0, 0.1) is 0 Å². The molecule has 5 heteroatoms. The van der Waals surface area contributed by atoms with E-state index >= 15 is 0 Å². The molecule has 0 radical (unpaired) electrons. The van der Waals surface area contributed by atoms with E-state index in [0.717, 1.165) is 116 Å². The summed E-state index contributed by atoms with van der Waals surface area (Å²) >= 11 is 1.85. The zero-order valence-electron chi connectivity index (χ0n) is 73.1. The van der Waals surface area contributed by atoms with Crippen LogP contribution in [0.25, 0.3) is 283 Å².